The lowest BCUT2D eigenvalue weighted by molar-refractivity contribution is 0.134. The zero-order chi connectivity index (χ0) is 15.0. The molecule has 0 amide bonds. The highest BCUT2D eigenvalue weighted by Gasteiger charge is 2.18. The van der Waals surface area contributed by atoms with Crippen molar-refractivity contribution in [3.05, 3.63) is 69.5 Å². The van der Waals surface area contributed by atoms with Gasteiger partial charge in [-0.3, -0.25) is 0 Å². The van der Waals surface area contributed by atoms with Gasteiger partial charge in [0.15, 0.2) is 0 Å². The number of aryl methyl sites for hydroxylation is 2. The van der Waals surface area contributed by atoms with Crippen molar-refractivity contribution in [1.29, 1.82) is 0 Å². The van der Waals surface area contributed by atoms with Gasteiger partial charge in [-0.05, 0) is 54.3 Å². The standard InChI is InChI=1S/C18H20FNO/c1-11-6-15(7-12(2)17(11)19)18(20-3)13-4-5-14-9-21-10-16(14)8-13/h4-8,18,20H,9-10H2,1-3H3. The van der Waals surface area contributed by atoms with Crippen LogP contribution in [0, 0.1) is 19.7 Å². The van der Waals surface area contributed by atoms with Crippen LogP contribution in [0.5, 0.6) is 0 Å². The molecule has 110 valence electrons. The number of halogens is 1. The van der Waals surface area contributed by atoms with Gasteiger partial charge in [-0.2, -0.15) is 0 Å². The average molecular weight is 285 g/mol. The molecule has 1 aliphatic heterocycles. The molecule has 0 spiro atoms. The van der Waals surface area contributed by atoms with Crippen LogP contribution in [0.25, 0.3) is 0 Å². The van der Waals surface area contributed by atoms with Crippen LogP contribution >= 0.6 is 0 Å². The Morgan fingerprint density at radius 3 is 2.33 bits per heavy atom. The van der Waals surface area contributed by atoms with Crippen LogP contribution in [-0.4, -0.2) is 7.05 Å². The van der Waals surface area contributed by atoms with Gasteiger partial charge < -0.3 is 10.1 Å². The number of hydrogen-bond acceptors (Lipinski definition) is 2. The molecule has 1 atom stereocenters. The smallest absolute Gasteiger partial charge is 0.129 e. The number of ether oxygens (including phenoxy) is 1. The van der Waals surface area contributed by atoms with E-state index < -0.39 is 0 Å². The third-order valence-corrected chi connectivity index (χ3v) is 4.16. The highest BCUT2D eigenvalue weighted by molar-refractivity contribution is 5.41. The summed E-state index contributed by atoms with van der Waals surface area (Å²) in [6.07, 6.45) is 0. The second kappa shape index (κ2) is 5.58. The number of nitrogens with one attached hydrogen (secondary N) is 1. The lowest BCUT2D eigenvalue weighted by atomic mass is 9.93. The summed E-state index contributed by atoms with van der Waals surface area (Å²) in [5.41, 5.74) is 6.17. The second-order valence-electron chi connectivity index (χ2n) is 5.71. The molecule has 3 rings (SSSR count). The Morgan fingerprint density at radius 2 is 1.67 bits per heavy atom. The summed E-state index contributed by atoms with van der Waals surface area (Å²) >= 11 is 0. The highest BCUT2D eigenvalue weighted by atomic mass is 19.1. The van der Waals surface area contributed by atoms with Crippen molar-refractivity contribution in [3.63, 3.8) is 0 Å². The van der Waals surface area contributed by atoms with Crippen molar-refractivity contribution in [2.75, 3.05) is 7.05 Å². The van der Waals surface area contributed by atoms with Crippen LogP contribution < -0.4 is 5.32 Å². The van der Waals surface area contributed by atoms with E-state index in [0.29, 0.717) is 24.3 Å². The van der Waals surface area contributed by atoms with E-state index in [0.717, 1.165) is 5.56 Å². The number of benzene rings is 2. The first-order valence-corrected chi connectivity index (χ1v) is 7.23. The number of rotatable bonds is 3. The minimum absolute atomic E-state index is 0.0638. The normalized spacial score (nSPS) is 15.0. The van der Waals surface area contributed by atoms with Crippen molar-refractivity contribution in [3.8, 4) is 0 Å². The number of hydrogen-bond donors (Lipinski definition) is 1. The van der Waals surface area contributed by atoms with Gasteiger partial charge in [0, 0.05) is 0 Å². The molecule has 0 aromatic heterocycles. The lowest BCUT2D eigenvalue weighted by Gasteiger charge is -2.19. The summed E-state index contributed by atoms with van der Waals surface area (Å²) in [6, 6.07) is 10.4. The fourth-order valence-corrected chi connectivity index (χ4v) is 3.04. The molecule has 0 aliphatic carbocycles. The van der Waals surface area contributed by atoms with E-state index in [9.17, 15) is 4.39 Å². The van der Waals surface area contributed by atoms with Gasteiger partial charge in [-0.1, -0.05) is 30.3 Å². The van der Waals surface area contributed by atoms with E-state index in [2.05, 4.69) is 23.5 Å². The molecule has 1 N–H and O–H groups in total. The Labute approximate surface area is 125 Å². The van der Waals surface area contributed by atoms with Crippen molar-refractivity contribution in [2.24, 2.45) is 0 Å². The van der Waals surface area contributed by atoms with Gasteiger partial charge in [0.1, 0.15) is 5.82 Å². The summed E-state index contributed by atoms with van der Waals surface area (Å²) in [6.45, 7) is 5.01. The maximum atomic E-state index is 13.8. The van der Waals surface area contributed by atoms with Gasteiger partial charge in [-0.15, -0.1) is 0 Å². The predicted octanol–water partition coefficient (Wildman–Crippen LogP) is 3.78. The Morgan fingerprint density at radius 1 is 1.00 bits per heavy atom. The molecule has 2 aromatic carbocycles. The first-order valence-electron chi connectivity index (χ1n) is 7.23. The average Bonchev–Trinajstić information content (AvgIpc) is 2.93. The Bertz CT molecular complexity index is 658. The summed E-state index contributed by atoms with van der Waals surface area (Å²) < 4.78 is 19.3. The quantitative estimate of drug-likeness (QED) is 0.926. The van der Waals surface area contributed by atoms with Crippen molar-refractivity contribution >= 4 is 0 Å². The van der Waals surface area contributed by atoms with Gasteiger partial charge in [0.05, 0.1) is 19.3 Å². The van der Waals surface area contributed by atoms with Gasteiger partial charge in [-0.25, -0.2) is 4.39 Å². The minimum atomic E-state index is -0.115. The Balaban J connectivity index is 2.02. The minimum Gasteiger partial charge on any atom is -0.372 e. The molecule has 0 saturated carbocycles. The molecule has 2 aromatic rings. The molecule has 0 radical (unpaired) electrons. The molecule has 3 heteroatoms. The molecule has 1 unspecified atom stereocenters. The maximum absolute atomic E-state index is 13.8. The summed E-state index contributed by atoms with van der Waals surface area (Å²) in [4.78, 5) is 0. The van der Waals surface area contributed by atoms with Gasteiger partial charge >= 0.3 is 0 Å². The van der Waals surface area contributed by atoms with E-state index in [1.165, 1.54) is 16.7 Å². The van der Waals surface area contributed by atoms with Crippen molar-refractivity contribution < 1.29 is 9.13 Å². The van der Waals surface area contributed by atoms with Crippen LogP contribution in [0.1, 0.15) is 39.4 Å². The molecule has 0 fully saturated rings. The lowest BCUT2D eigenvalue weighted by Crippen LogP contribution is -2.18. The molecule has 2 nitrogen and oxygen atoms in total. The third kappa shape index (κ3) is 2.59. The summed E-state index contributed by atoms with van der Waals surface area (Å²) in [5.74, 6) is -0.115. The fourth-order valence-electron chi connectivity index (χ4n) is 3.04. The maximum Gasteiger partial charge on any atom is 0.129 e. The van der Waals surface area contributed by atoms with E-state index in [1.54, 1.807) is 0 Å². The van der Waals surface area contributed by atoms with Gasteiger partial charge in [0.25, 0.3) is 0 Å². The van der Waals surface area contributed by atoms with Crippen molar-refractivity contribution in [2.45, 2.75) is 33.1 Å². The summed E-state index contributed by atoms with van der Waals surface area (Å²) in [5, 5.41) is 3.34. The zero-order valence-electron chi connectivity index (χ0n) is 12.7. The summed E-state index contributed by atoms with van der Waals surface area (Å²) in [7, 11) is 1.93. The Hall–Kier alpha value is -1.71. The molecule has 0 bridgehead atoms. The first kappa shape index (κ1) is 14.2. The van der Waals surface area contributed by atoms with Crippen LogP contribution in [0.2, 0.25) is 0 Å². The van der Waals surface area contributed by atoms with E-state index in [4.69, 9.17) is 4.74 Å². The largest absolute Gasteiger partial charge is 0.372 e. The molecule has 21 heavy (non-hydrogen) atoms. The molecule has 1 heterocycles. The Kier molecular flexibility index (Phi) is 3.79. The molecular formula is C18H20FNO. The fraction of sp³-hybridized carbons (Fsp3) is 0.333. The predicted molar refractivity (Wildman–Crippen MR) is 81.7 cm³/mol. The zero-order valence-corrected chi connectivity index (χ0v) is 12.7. The van der Waals surface area contributed by atoms with Crippen LogP contribution in [0.15, 0.2) is 30.3 Å². The SMILES string of the molecule is CNC(c1cc(C)c(F)c(C)c1)c1ccc2c(c1)COC2. The van der Waals surface area contributed by atoms with Crippen molar-refractivity contribution in [1.82, 2.24) is 5.32 Å². The highest BCUT2D eigenvalue weighted by Crippen LogP contribution is 2.29. The topological polar surface area (TPSA) is 21.3 Å². The van der Waals surface area contributed by atoms with E-state index in [-0.39, 0.29) is 11.9 Å². The molecular weight excluding hydrogens is 265 g/mol. The van der Waals surface area contributed by atoms with E-state index >= 15 is 0 Å². The van der Waals surface area contributed by atoms with Crippen LogP contribution in [-0.2, 0) is 18.0 Å². The van der Waals surface area contributed by atoms with Crippen LogP contribution in [0.4, 0.5) is 4.39 Å². The van der Waals surface area contributed by atoms with E-state index in [1.807, 2.05) is 33.0 Å². The second-order valence-corrected chi connectivity index (χ2v) is 5.71. The first-order chi connectivity index (χ1) is 10.1. The molecule has 1 aliphatic rings. The molecule has 0 saturated heterocycles. The third-order valence-electron chi connectivity index (χ3n) is 4.16. The monoisotopic (exact) mass is 285 g/mol. The number of fused-ring (bicyclic) bond motifs is 1. The van der Waals surface area contributed by atoms with Crippen LogP contribution in [0.3, 0.4) is 0 Å². The van der Waals surface area contributed by atoms with Gasteiger partial charge in [0.2, 0.25) is 0 Å².